The van der Waals surface area contributed by atoms with Crippen LogP contribution in [-0.2, 0) is 4.74 Å². The smallest absolute Gasteiger partial charge is 0.412 e. The van der Waals surface area contributed by atoms with Gasteiger partial charge in [0.15, 0.2) is 0 Å². The predicted octanol–water partition coefficient (Wildman–Crippen LogP) is 3.75. The number of hydrogen-bond acceptors (Lipinski definition) is 4. The largest absolute Gasteiger partial charge is 0.444 e. The maximum atomic E-state index is 13.6. The first-order valence-electron chi connectivity index (χ1n) is 5.17. The minimum absolute atomic E-state index is 0.0199. The Morgan fingerprint density at radius 2 is 2.17 bits per heavy atom. The zero-order chi connectivity index (χ0) is 13.8. The molecule has 0 radical (unpaired) electrons. The molecule has 0 heterocycles. The lowest BCUT2D eigenvalue weighted by Crippen LogP contribution is -2.27. The van der Waals surface area contributed by atoms with Gasteiger partial charge in [0, 0.05) is 4.90 Å². The molecule has 0 aromatic heterocycles. The van der Waals surface area contributed by atoms with Crippen LogP contribution in [0, 0.1) is 16.5 Å². The first kappa shape index (κ1) is 14.3. The second-order valence-electron chi connectivity index (χ2n) is 4.46. The number of rotatable bonds is 2. The summed E-state index contributed by atoms with van der Waals surface area (Å²) in [5.41, 5.74) is -0.622. The highest BCUT2D eigenvalue weighted by Gasteiger charge is 2.17. The van der Waals surface area contributed by atoms with Crippen LogP contribution in [0.3, 0.4) is 0 Å². The van der Waals surface area contributed by atoms with Crippen molar-refractivity contribution in [1.29, 1.82) is 5.26 Å². The van der Waals surface area contributed by atoms with Crippen molar-refractivity contribution in [2.24, 2.45) is 0 Å². The molecular weight excluding hydrogens is 255 g/mol. The molecule has 0 atom stereocenters. The van der Waals surface area contributed by atoms with Gasteiger partial charge >= 0.3 is 6.09 Å². The molecule has 0 aliphatic carbocycles. The van der Waals surface area contributed by atoms with Crippen LogP contribution in [0.4, 0.5) is 14.9 Å². The number of anilines is 1. The van der Waals surface area contributed by atoms with Crippen molar-refractivity contribution in [2.45, 2.75) is 31.3 Å². The molecule has 0 aliphatic heterocycles. The molecule has 96 valence electrons. The predicted molar refractivity (Wildman–Crippen MR) is 67.7 cm³/mol. The number of thioether (sulfide) groups is 1. The van der Waals surface area contributed by atoms with E-state index in [0.29, 0.717) is 4.90 Å². The summed E-state index contributed by atoms with van der Waals surface area (Å²) in [6, 6.07) is 4.11. The van der Waals surface area contributed by atoms with Gasteiger partial charge in [0.1, 0.15) is 16.8 Å². The van der Waals surface area contributed by atoms with Gasteiger partial charge in [-0.15, -0.1) is 0 Å². The van der Waals surface area contributed by atoms with Gasteiger partial charge < -0.3 is 4.74 Å². The first-order chi connectivity index (χ1) is 8.31. The molecule has 0 bridgehead atoms. The third-order valence-corrected chi connectivity index (χ3v) is 2.32. The Kier molecular flexibility index (Phi) is 4.56. The quantitative estimate of drug-likeness (QED) is 0.655. The fourth-order valence-corrected chi connectivity index (χ4v) is 1.53. The maximum Gasteiger partial charge on any atom is 0.412 e. The number of ether oxygens (including phenoxy) is 1. The Bertz CT molecular complexity index is 492. The molecule has 0 spiro atoms. The number of thiocyanates is 1. The van der Waals surface area contributed by atoms with Crippen molar-refractivity contribution in [3.8, 4) is 5.40 Å². The number of hydrogen-bond donors (Lipinski definition) is 1. The summed E-state index contributed by atoms with van der Waals surface area (Å²) < 4.78 is 18.6. The minimum Gasteiger partial charge on any atom is -0.444 e. The summed E-state index contributed by atoms with van der Waals surface area (Å²) in [5, 5.41) is 12.6. The van der Waals surface area contributed by atoms with Crippen molar-refractivity contribution >= 4 is 23.5 Å². The molecule has 0 fully saturated rings. The second-order valence-corrected chi connectivity index (χ2v) is 5.32. The molecule has 0 unspecified atom stereocenters. The van der Waals surface area contributed by atoms with Crippen molar-refractivity contribution in [2.75, 3.05) is 5.32 Å². The molecule has 1 aromatic carbocycles. The highest BCUT2D eigenvalue weighted by molar-refractivity contribution is 8.03. The van der Waals surface area contributed by atoms with E-state index in [2.05, 4.69) is 5.32 Å². The molecular formula is C12H13FN2O2S. The number of nitriles is 1. The lowest BCUT2D eigenvalue weighted by Gasteiger charge is -2.19. The topological polar surface area (TPSA) is 62.1 Å². The van der Waals surface area contributed by atoms with Crippen molar-refractivity contribution in [1.82, 2.24) is 0 Å². The molecule has 0 saturated heterocycles. The summed E-state index contributed by atoms with van der Waals surface area (Å²) in [6.07, 6.45) is -0.720. The standard InChI is InChI=1S/C12H13FN2O2S/c1-12(2,3)17-11(16)15-10-5-4-8(18-7-14)6-9(10)13/h4-6H,1-3H3,(H,15,16). The number of carbonyl (C=O) groups excluding carboxylic acids is 1. The van der Waals surface area contributed by atoms with Gasteiger partial charge in [0.2, 0.25) is 0 Å². The van der Waals surface area contributed by atoms with E-state index in [1.54, 1.807) is 26.8 Å². The van der Waals surface area contributed by atoms with Gasteiger partial charge in [-0.25, -0.2) is 9.18 Å². The SMILES string of the molecule is CC(C)(C)OC(=O)Nc1ccc(SC#N)cc1F. The Balaban J connectivity index is 2.74. The first-order valence-corrected chi connectivity index (χ1v) is 5.99. The van der Waals surface area contributed by atoms with Gasteiger partial charge in [-0.1, -0.05) is 0 Å². The Morgan fingerprint density at radius 3 is 2.67 bits per heavy atom. The third kappa shape index (κ3) is 4.63. The molecule has 6 heteroatoms. The van der Waals surface area contributed by atoms with E-state index < -0.39 is 17.5 Å². The van der Waals surface area contributed by atoms with Crippen LogP contribution < -0.4 is 5.32 Å². The number of amides is 1. The number of benzene rings is 1. The molecule has 0 aliphatic rings. The van der Waals surface area contributed by atoms with Crippen LogP contribution in [-0.4, -0.2) is 11.7 Å². The van der Waals surface area contributed by atoms with E-state index in [4.69, 9.17) is 10.00 Å². The number of halogens is 1. The van der Waals surface area contributed by atoms with Crippen LogP contribution in [0.1, 0.15) is 20.8 Å². The zero-order valence-corrected chi connectivity index (χ0v) is 11.1. The highest BCUT2D eigenvalue weighted by atomic mass is 32.2. The second kappa shape index (κ2) is 5.74. The average Bonchev–Trinajstić information content (AvgIpc) is 2.20. The average molecular weight is 268 g/mol. The Hall–Kier alpha value is -1.74. The minimum atomic E-state index is -0.720. The van der Waals surface area contributed by atoms with Crippen molar-refractivity contribution < 1.29 is 13.9 Å². The van der Waals surface area contributed by atoms with Crippen molar-refractivity contribution in [3.63, 3.8) is 0 Å². The summed E-state index contributed by atoms with van der Waals surface area (Å²) in [4.78, 5) is 11.9. The van der Waals surface area contributed by atoms with E-state index in [0.717, 1.165) is 11.8 Å². The number of nitrogens with one attached hydrogen (secondary N) is 1. The van der Waals surface area contributed by atoms with Gasteiger partial charge in [-0.05, 0) is 50.7 Å². The van der Waals surface area contributed by atoms with E-state index in [9.17, 15) is 9.18 Å². The lowest BCUT2D eigenvalue weighted by molar-refractivity contribution is 0.0635. The molecule has 1 amide bonds. The highest BCUT2D eigenvalue weighted by Crippen LogP contribution is 2.23. The Morgan fingerprint density at radius 1 is 1.50 bits per heavy atom. The Labute approximate surface area is 109 Å². The van der Waals surface area contributed by atoms with Crippen LogP contribution in [0.2, 0.25) is 0 Å². The molecule has 0 saturated carbocycles. The van der Waals surface area contributed by atoms with Crippen LogP contribution >= 0.6 is 11.8 Å². The summed E-state index contributed by atoms with van der Waals surface area (Å²) >= 11 is 0.849. The normalized spacial score (nSPS) is 10.6. The molecule has 1 aromatic rings. The molecule has 1 rings (SSSR count). The van der Waals surface area contributed by atoms with Crippen LogP contribution in [0.25, 0.3) is 0 Å². The molecule has 4 nitrogen and oxygen atoms in total. The van der Waals surface area contributed by atoms with E-state index >= 15 is 0 Å². The maximum absolute atomic E-state index is 13.6. The number of nitrogens with zero attached hydrogens (tertiary/aromatic N) is 1. The van der Waals surface area contributed by atoms with Crippen LogP contribution in [0.5, 0.6) is 0 Å². The van der Waals surface area contributed by atoms with Gasteiger partial charge in [-0.3, -0.25) is 5.32 Å². The van der Waals surface area contributed by atoms with E-state index in [-0.39, 0.29) is 5.69 Å². The molecule has 1 N–H and O–H groups in total. The fourth-order valence-electron chi connectivity index (χ4n) is 1.13. The monoisotopic (exact) mass is 268 g/mol. The van der Waals surface area contributed by atoms with E-state index in [1.807, 2.05) is 5.40 Å². The van der Waals surface area contributed by atoms with Gasteiger partial charge in [-0.2, -0.15) is 5.26 Å². The lowest BCUT2D eigenvalue weighted by atomic mass is 10.2. The summed E-state index contributed by atoms with van der Waals surface area (Å²) in [5.74, 6) is -0.610. The third-order valence-electron chi connectivity index (χ3n) is 1.74. The fraction of sp³-hybridized carbons (Fsp3) is 0.333. The van der Waals surface area contributed by atoms with Gasteiger partial charge in [0.05, 0.1) is 5.69 Å². The molecule has 18 heavy (non-hydrogen) atoms. The zero-order valence-electron chi connectivity index (χ0n) is 10.3. The number of carbonyl (C=O) groups is 1. The summed E-state index contributed by atoms with van der Waals surface area (Å²) in [6.45, 7) is 5.15. The summed E-state index contributed by atoms with van der Waals surface area (Å²) in [7, 11) is 0. The van der Waals surface area contributed by atoms with E-state index in [1.165, 1.54) is 12.1 Å². The van der Waals surface area contributed by atoms with Gasteiger partial charge in [0.25, 0.3) is 0 Å². The van der Waals surface area contributed by atoms with Crippen LogP contribution in [0.15, 0.2) is 23.1 Å². The van der Waals surface area contributed by atoms with Crippen molar-refractivity contribution in [3.05, 3.63) is 24.0 Å².